The van der Waals surface area contributed by atoms with Gasteiger partial charge in [0.25, 0.3) is 0 Å². The molecule has 3 aromatic carbocycles. The third kappa shape index (κ3) is 6.56. The largest absolute Gasteiger partial charge is 0.491 e. The van der Waals surface area contributed by atoms with Gasteiger partial charge >= 0.3 is 0 Å². The molecule has 0 aromatic heterocycles. The number of carbonyl (C=O) groups excluding carboxylic acids is 1. The molecule has 3 unspecified atom stereocenters. The van der Waals surface area contributed by atoms with Crippen LogP contribution >= 0.6 is 35.6 Å². The molecule has 4 aliphatic heterocycles. The van der Waals surface area contributed by atoms with Crippen LogP contribution in [-0.4, -0.2) is 53.5 Å². The number of ether oxygens (including phenoxy) is 2. The summed E-state index contributed by atoms with van der Waals surface area (Å²) in [5, 5.41) is 1.15. The van der Waals surface area contributed by atoms with Crippen molar-refractivity contribution in [3.8, 4) is 5.75 Å². The lowest BCUT2D eigenvalue weighted by molar-refractivity contribution is -0.133. The van der Waals surface area contributed by atoms with E-state index in [0.29, 0.717) is 35.1 Å². The summed E-state index contributed by atoms with van der Waals surface area (Å²) in [5.74, 6) is 0.974. The SMILES string of the molecule is CC(C)Oc1cccc(CC(=O)N2CCCC(CCN3C4CCC3CC3(C4)OCc4ccccc43)(c3ccc(Cl)c(Cl)c3)C2)c1.Cl. The third-order valence-corrected chi connectivity index (χ3v) is 11.6. The van der Waals surface area contributed by atoms with Gasteiger partial charge in [0.1, 0.15) is 5.75 Å². The van der Waals surface area contributed by atoms with Crippen molar-refractivity contribution in [2.75, 3.05) is 19.6 Å². The molecule has 3 saturated heterocycles. The number of nitrogens with zero attached hydrogens (tertiary/aromatic N) is 2. The van der Waals surface area contributed by atoms with Gasteiger partial charge in [-0.2, -0.15) is 0 Å². The van der Waals surface area contributed by atoms with Gasteiger partial charge in [-0.05, 0) is 112 Å². The fourth-order valence-corrected chi connectivity index (χ4v) is 9.07. The summed E-state index contributed by atoms with van der Waals surface area (Å²) >= 11 is 13.0. The molecule has 7 rings (SSSR count). The van der Waals surface area contributed by atoms with Crippen molar-refractivity contribution in [3.05, 3.63) is 99.0 Å². The zero-order chi connectivity index (χ0) is 31.2. The van der Waals surface area contributed by atoms with Gasteiger partial charge in [-0.25, -0.2) is 0 Å². The quantitative estimate of drug-likeness (QED) is 0.238. The average Bonchev–Trinajstić information content (AvgIpc) is 3.50. The van der Waals surface area contributed by atoms with E-state index in [0.717, 1.165) is 63.1 Å². The maximum Gasteiger partial charge on any atom is 0.227 e. The van der Waals surface area contributed by atoms with Gasteiger partial charge < -0.3 is 14.4 Å². The van der Waals surface area contributed by atoms with Gasteiger partial charge in [-0.3, -0.25) is 9.69 Å². The maximum absolute atomic E-state index is 13.8. The first kappa shape index (κ1) is 33.6. The molecule has 8 heteroatoms. The molecule has 0 aliphatic carbocycles. The first-order chi connectivity index (χ1) is 21.7. The predicted octanol–water partition coefficient (Wildman–Crippen LogP) is 8.75. The molecule has 2 bridgehead atoms. The molecule has 4 heterocycles. The van der Waals surface area contributed by atoms with Crippen molar-refractivity contribution in [2.24, 2.45) is 0 Å². The van der Waals surface area contributed by atoms with E-state index < -0.39 is 0 Å². The van der Waals surface area contributed by atoms with Crippen LogP contribution in [0.4, 0.5) is 0 Å². The Balaban J connectivity index is 0.00000372. The van der Waals surface area contributed by atoms with Gasteiger partial charge in [0, 0.05) is 30.6 Å². The summed E-state index contributed by atoms with van der Waals surface area (Å²) < 4.78 is 12.5. The second-order valence-corrected chi connectivity index (χ2v) is 14.9. The van der Waals surface area contributed by atoms with E-state index in [1.165, 1.54) is 29.5 Å². The van der Waals surface area contributed by atoms with Gasteiger partial charge in [-0.15, -0.1) is 12.4 Å². The zero-order valence-corrected chi connectivity index (χ0v) is 29.2. The number of fused-ring (bicyclic) bond motifs is 4. The molecule has 246 valence electrons. The standard InChI is InChI=1S/C38H44Cl2N2O3.ClH/c1-26(2)45-32-9-5-7-27(19-32)20-36(43)41-17-6-15-37(25-41,29-11-14-34(39)35(40)21-29)16-18-42-30-12-13-31(42)23-38(22-30)33-10-4-3-8-28(33)24-44-38;/h3-5,7-11,14,19,21,26,30-31H,6,12-13,15-18,20,22-25H2,1-2H3;1H. The molecule has 0 radical (unpaired) electrons. The second-order valence-electron chi connectivity index (χ2n) is 14.0. The lowest BCUT2D eigenvalue weighted by Gasteiger charge is -2.48. The monoisotopic (exact) mass is 682 g/mol. The number of carbonyl (C=O) groups is 1. The Morgan fingerprint density at radius 2 is 1.78 bits per heavy atom. The lowest BCUT2D eigenvalue weighted by atomic mass is 9.71. The fourth-order valence-electron chi connectivity index (χ4n) is 8.77. The Morgan fingerprint density at radius 3 is 2.54 bits per heavy atom. The summed E-state index contributed by atoms with van der Waals surface area (Å²) in [6, 6.07) is 23.9. The second kappa shape index (κ2) is 13.7. The molecule has 1 spiro atoms. The van der Waals surface area contributed by atoms with E-state index in [2.05, 4.69) is 40.1 Å². The van der Waals surface area contributed by atoms with E-state index in [4.69, 9.17) is 32.7 Å². The first-order valence-electron chi connectivity index (χ1n) is 16.7. The number of hydrogen-bond acceptors (Lipinski definition) is 4. The highest BCUT2D eigenvalue weighted by molar-refractivity contribution is 6.42. The maximum atomic E-state index is 13.8. The molecule has 3 aromatic rings. The van der Waals surface area contributed by atoms with Crippen LogP contribution in [0.15, 0.2) is 66.7 Å². The minimum absolute atomic E-state index is 0. The van der Waals surface area contributed by atoms with Gasteiger partial charge in [0.2, 0.25) is 5.91 Å². The van der Waals surface area contributed by atoms with Crippen molar-refractivity contribution in [1.82, 2.24) is 9.80 Å². The third-order valence-electron chi connectivity index (χ3n) is 10.8. The zero-order valence-electron chi connectivity index (χ0n) is 26.9. The van der Waals surface area contributed by atoms with Crippen LogP contribution in [0.2, 0.25) is 10.0 Å². The summed E-state index contributed by atoms with van der Waals surface area (Å²) in [5.41, 5.74) is 4.63. The molecule has 1 amide bonds. The van der Waals surface area contributed by atoms with Crippen molar-refractivity contribution < 1.29 is 14.3 Å². The Morgan fingerprint density at radius 1 is 1.00 bits per heavy atom. The minimum Gasteiger partial charge on any atom is -0.491 e. The molecular formula is C38H45Cl3N2O3. The molecule has 4 aliphatic rings. The van der Waals surface area contributed by atoms with Crippen LogP contribution in [0.1, 0.15) is 81.0 Å². The first-order valence-corrected chi connectivity index (χ1v) is 17.5. The number of rotatable bonds is 8. The fraction of sp³-hybridized carbons (Fsp3) is 0.500. The van der Waals surface area contributed by atoms with Crippen LogP contribution < -0.4 is 4.74 Å². The number of amides is 1. The number of piperidine rings is 2. The summed E-state index contributed by atoms with van der Waals surface area (Å²) in [6.07, 6.45) is 7.99. The Labute approximate surface area is 289 Å². The van der Waals surface area contributed by atoms with E-state index in [-0.39, 0.29) is 35.4 Å². The van der Waals surface area contributed by atoms with Gasteiger partial charge in [-0.1, -0.05) is 65.7 Å². The van der Waals surface area contributed by atoms with Crippen LogP contribution in [0, 0.1) is 0 Å². The molecule has 3 fully saturated rings. The molecule has 46 heavy (non-hydrogen) atoms. The molecule has 0 N–H and O–H groups in total. The Kier molecular flexibility index (Phi) is 10.00. The van der Waals surface area contributed by atoms with Crippen molar-refractivity contribution >= 4 is 41.5 Å². The summed E-state index contributed by atoms with van der Waals surface area (Å²) in [4.78, 5) is 18.7. The van der Waals surface area contributed by atoms with Crippen molar-refractivity contribution in [1.29, 1.82) is 0 Å². The molecular weight excluding hydrogens is 639 g/mol. The highest BCUT2D eigenvalue weighted by atomic mass is 35.5. The minimum atomic E-state index is -0.185. The Hall–Kier alpha value is -2.28. The predicted molar refractivity (Wildman–Crippen MR) is 187 cm³/mol. The van der Waals surface area contributed by atoms with E-state index in [9.17, 15) is 4.79 Å². The number of hydrogen-bond donors (Lipinski definition) is 0. The highest BCUT2D eigenvalue weighted by Crippen LogP contribution is 2.52. The average molecular weight is 684 g/mol. The van der Waals surface area contributed by atoms with Crippen LogP contribution in [0.5, 0.6) is 5.75 Å². The van der Waals surface area contributed by atoms with Crippen LogP contribution in [0.25, 0.3) is 0 Å². The van der Waals surface area contributed by atoms with E-state index >= 15 is 0 Å². The lowest BCUT2D eigenvalue weighted by Crippen LogP contribution is -2.53. The summed E-state index contributed by atoms with van der Waals surface area (Å²) in [6.45, 7) is 7.24. The number of benzene rings is 3. The normalized spacial score (nSPS) is 27.1. The van der Waals surface area contributed by atoms with Gasteiger partial charge in [0.05, 0.1) is 34.8 Å². The van der Waals surface area contributed by atoms with E-state index in [1.807, 2.05) is 50.2 Å². The smallest absolute Gasteiger partial charge is 0.227 e. The number of likely N-dealkylation sites (tertiary alicyclic amines) is 1. The number of halogens is 3. The summed E-state index contributed by atoms with van der Waals surface area (Å²) in [7, 11) is 0. The van der Waals surface area contributed by atoms with Crippen LogP contribution in [-0.2, 0) is 33.6 Å². The molecule has 3 atom stereocenters. The highest BCUT2D eigenvalue weighted by Gasteiger charge is 2.53. The van der Waals surface area contributed by atoms with Gasteiger partial charge in [0.15, 0.2) is 0 Å². The van der Waals surface area contributed by atoms with E-state index in [1.54, 1.807) is 0 Å². The molecule has 0 saturated carbocycles. The molecule has 5 nitrogen and oxygen atoms in total. The topological polar surface area (TPSA) is 42.0 Å². The van der Waals surface area contributed by atoms with Crippen molar-refractivity contribution in [2.45, 2.75) is 101 Å². The van der Waals surface area contributed by atoms with Crippen LogP contribution in [0.3, 0.4) is 0 Å². The van der Waals surface area contributed by atoms with Crippen molar-refractivity contribution in [3.63, 3.8) is 0 Å². The Bertz CT molecular complexity index is 1550.